The number of fused-ring (bicyclic) bond motifs is 1. The predicted octanol–water partition coefficient (Wildman–Crippen LogP) is 7.10. The number of aromatic nitrogens is 4. The van der Waals surface area contributed by atoms with Crippen molar-refractivity contribution in [3.63, 3.8) is 0 Å². The Morgan fingerprint density at radius 1 is 1.17 bits per heavy atom. The Bertz CT molecular complexity index is 1830. The summed E-state index contributed by atoms with van der Waals surface area (Å²) < 4.78 is 40.4. The van der Waals surface area contributed by atoms with E-state index >= 15 is 0 Å². The number of carbonyl (C=O) groups excluding carboxylic acids is 2. The number of alkyl halides is 1. The van der Waals surface area contributed by atoms with E-state index in [2.05, 4.69) is 46.5 Å². The number of nitrogens with zero attached hydrogens (tertiary/aromatic N) is 5. The van der Waals surface area contributed by atoms with Crippen LogP contribution < -0.4 is 20.1 Å². The summed E-state index contributed by atoms with van der Waals surface area (Å²) in [6, 6.07) is 8.09. The average Bonchev–Trinajstić information content (AvgIpc) is 3.60. The Balaban J connectivity index is 1.27. The van der Waals surface area contributed by atoms with E-state index < -0.39 is 12.0 Å². The summed E-state index contributed by atoms with van der Waals surface area (Å²) >= 11 is 6.57. The smallest absolute Gasteiger partial charge is 0.274 e. The summed E-state index contributed by atoms with van der Waals surface area (Å²) in [5, 5.41) is 10.9. The van der Waals surface area contributed by atoms with Crippen LogP contribution in [0.3, 0.4) is 0 Å². The highest BCUT2D eigenvalue weighted by atomic mass is 35.5. The molecule has 5 rings (SSSR count). The van der Waals surface area contributed by atoms with Crippen LogP contribution in [0.15, 0.2) is 55.0 Å². The number of Topliss-reactive ketones (excluding diaryl/α,β-unsaturated/α-hetero) is 1. The Labute approximate surface area is 282 Å². The number of likely N-dealkylation sites (tertiary alicyclic amines) is 1. The number of hydrogen-bond donors (Lipinski definition) is 2. The number of ether oxygens (including phenoxy) is 2. The van der Waals surface area contributed by atoms with Crippen LogP contribution in [0.1, 0.15) is 40.0 Å². The van der Waals surface area contributed by atoms with Gasteiger partial charge in [0.15, 0.2) is 5.78 Å². The van der Waals surface area contributed by atoms with Gasteiger partial charge in [0.05, 0.1) is 41.8 Å². The summed E-state index contributed by atoms with van der Waals surface area (Å²) in [5.74, 6) is -0.372. The first-order valence-electron chi connectivity index (χ1n) is 15.5. The van der Waals surface area contributed by atoms with Crippen molar-refractivity contribution in [3.8, 4) is 17.4 Å². The Morgan fingerprint density at radius 3 is 2.69 bits per heavy atom. The molecule has 254 valence electrons. The predicted molar refractivity (Wildman–Crippen MR) is 181 cm³/mol. The third kappa shape index (κ3) is 9.26. The molecule has 1 amide bonds. The minimum absolute atomic E-state index is 0.0172. The number of halogens is 3. The quantitative estimate of drug-likeness (QED) is 0.142. The zero-order valence-corrected chi connectivity index (χ0v) is 28.0. The molecule has 48 heavy (non-hydrogen) atoms. The van der Waals surface area contributed by atoms with Crippen molar-refractivity contribution in [2.75, 3.05) is 37.4 Å². The normalized spacial score (nSPS) is 15.3. The maximum atomic E-state index is 14.6. The zero-order chi connectivity index (χ0) is 34.4. The fourth-order valence-electron chi connectivity index (χ4n) is 5.09. The molecule has 0 spiro atoms. The van der Waals surface area contributed by atoms with Crippen LogP contribution in [0.25, 0.3) is 10.9 Å². The van der Waals surface area contributed by atoms with E-state index in [1.54, 1.807) is 30.3 Å². The lowest BCUT2D eigenvalue weighted by Crippen LogP contribution is -2.21. The second-order valence-corrected chi connectivity index (χ2v) is 13.2. The lowest BCUT2D eigenvalue weighted by Gasteiger charge is -2.16. The van der Waals surface area contributed by atoms with Crippen LogP contribution in [0, 0.1) is 11.2 Å². The van der Waals surface area contributed by atoms with Gasteiger partial charge in [0.25, 0.3) is 5.88 Å². The van der Waals surface area contributed by atoms with Crippen LogP contribution >= 0.6 is 11.6 Å². The molecule has 1 aliphatic heterocycles. The number of methoxy groups -OCH3 is 1. The SMILES string of the molecule is COc1cc2ncnc(Nc3ccc(Oc4nn(CC(=O)CCC(C)(C)C)cc4F)cc3Cl)c2cc1NC(=O)/C=C/CN1CC[C@H](F)C1. The zero-order valence-electron chi connectivity index (χ0n) is 27.2. The third-order valence-corrected chi connectivity index (χ3v) is 7.96. The van der Waals surface area contributed by atoms with Crippen molar-refractivity contribution >= 4 is 51.4 Å². The third-order valence-electron chi connectivity index (χ3n) is 7.65. The summed E-state index contributed by atoms with van der Waals surface area (Å²) in [6.45, 7) is 7.61. The number of carbonyl (C=O) groups is 2. The van der Waals surface area contributed by atoms with E-state index in [1.165, 1.54) is 30.3 Å². The molecule has 1 fully saturated rings. The molecule has 2 aromatic carbocycles. The molecule has 2 N–H and O–H groups in total. The molecule has 1 aliphatic rings. The lowest BCUT2D eigenvalue weighted by molar-refractivity contribution is -0.120. The fraction of sp³-hybridized carbons (Fsp3) is 0.382. The Morgan fingerprint density at radius 2 is 1.98 bits per heavy atom. The first kappa shape index (κ1) is 34.7. The second-order valence-electron chi connectivity index (χ2n) is 12.8. The largest absolute Gasteiger partial charge is 0.494 e. The average molecular weight is 682 g/mol. The van der Waals surface area contributed by atoms with Crippen molar-refractivity contribution in [1.29, 1.82) is 0 Å². The van der Waals surface area contributed by atoms with Crippen molar-refractivity contribution in [2.24, 2.45) is 5.41 Å². The molecule has 0 bridgehead atoms. The molecule has 3 heterocycles. The van der Waals surface area contributed by atoms with Crippen LogP contribution in [0.5, 0.6) is 17.4 Å². The number of hydrogen-bond acceptors (Lipinski definition) is 9. The van der Waals surface area contributed by atoms with Gasteiger partial charge < -0.3 is 20.1 Å². The van der Waals surface area contributed by atoms with Gasteiger partial charge in [-0.3, -0.25) is 19.2 Å². The van der Waals surface area contributed by atoms with Crippen LogP contribution in [-0.4, -0.2) is 69.3 Å². The van der Waals surface area contributed by atoms with Crippen LogP contribution in [0.4, 0.5) is 26.0 Å². The van der Waals surface area contributed by atoms with Crippen LogP contribution in [0.2, 0.25) is 5.02 Å². The van der Waals surface area contributed by atoms with E-state index in [1.807, 2.05) is 4.90 Å². The maximum absolute atomic E-state index is 14.6. The van der Waals surface area contributed by atoms with Gasteiger partial charge in [-0.15, -0.1) is 5.10 Å². The van der Waals surface area contributed by atoms with Crippen molar-refractivity contribution in [3.05, 3.63) is 65.8 Å². The molecule has 0 radical (unpaired) electrons. The number of amides is 1. The van der Waals surface area contributed by atoms with E-state index in [0.717, 1.165) is 12.6 Å². The molecule has 2 aromatic heterocycles. The van der Waals surface area contributed by atoms with Gasteiger partial charge in [-0.25, -0.2) is 14.4 Å². The molecule has 0 aliphatic carbocycles. The van der Waals surface area contributed by atoms with Gasteiger partial charge in [-0.05, 0) is 36.5 Å². The van der Waals surface area contributed by atoms with Gasteiger partial charge in [0.1, 0.15) is 29.8 Å². The molecule has 1 atom stereocenters. The highest BCUT2D eigenvalue weighted by Gasteiger charge is 2.21. The van der Waals surface area contributed by atoms with E-state index in [0.29, 0.717) is 66.3 Å². The molecular weight excluding hydrogens is 644 g/mol. The highest BCUT2D eigenvalue weighted by Crippen LogP contribution is 2.36. The molecule has 4 aromatic rings. The van der Waals surface area contributed by atoms with E-state index in [-0.39, 0.29) is 40.3 Å². The maximum Gasteiger partial charge on any atom is 0.274 e. The van der Waals surface area contributed by atoms with Gasteiger partial charge >= 0.3 is 0 Å². The fourth-order valence-corrected chi connectivity index (χ4v) is 5.31. The second kappa shape index (κ2) is 15.1. The molecule has 1 saturated heterocycles. The van der Waals surface area contributed by atoms with Crippen molar-refractivity contribution < 1.29 is 27.8 Å². The molecule has 14 heteroatoms. The lowest BCUT2D eigenvalue weighted by atomic mass is 9.89. The topological polar surface area (TPSA) is 123 Å². The first-order chi connectivity index (χ1) is 22.9. The standard InChI is InChI=1S/C34H38ClF2N7O4/c1-34(2,3)11-9-22(45)18-44-19-26(37)33(42-44)48-23-7-8-27(25(35)14-23)41-32-24-15-29(30(47-4)16-28(24)38-20-39-32)40-31(46)6-5-12-43-13-10-21(36)17-43/h5-8,14-16,19-21H,9-13,17-18H2,1-4H3,(H,40,46)(H,38,39,41)/b6-5+/t21-/m0/s1. The number of rotatable bonds is 13. The highest BCUT2D eigenvalue weighted by molar-refractivity contribution is 6.33. The summed E-state index contributed by atoms with van der Waals surface area (Å²) in [5.41, 5.74) is 1.44. The Kier molecular flexibility index (Phi) is 10.9. The summed E-state index contributed by atoms with van der Waals surface area (Å²) in [4.78, 5) is 35.7. The minimum atomic E-state index is -0.826. The summed E-state index contributed by atoms with van der Waals surface area (Å²) in [7, 11) is 1.49. The van der Waals surface area contributed by atoms with Crippen molar-refractivity contribution in [2.45, 2.75) is 52.8 Å². The van der Waals surface area contributed by atoms with Crippen molar-refractivity contribution in [1.82, 2.24) is 24.6 Å². The monoisotopic (exact) mass is 681 g/mol. The Hall–Kier alpha value is -4.62. The number of benzene rings is 2. The molecule has 11 nitrogen and oxygen atoms in total. The van der Waals surface area contributed by atoms with Gasteiger partial charge in [0, 0.05) is 49.7 Å². The van der Waals surface area contributed by atoms with Gasteiger partial charge in [-0.2, -0.15) is 4.39 Å². The van der Waals surface area contributed by atoms with Crippen LogP contribution in [-0.2, 0) is 16.1 Å². The number of anilines is 3. The van der Waals surface area contributed by atoms with E-state index in [9.17, 15) is 18.4 Å². The van der Waals surface area contributed by atoms with Gasteiger partial charge in [0.2, 0.25) is 11.7 Å². The summed E-state index contributed by atoms with van der Waals surface area (Å²) in [6.07, 6.45) is 6.38. The molecule has 0 unspecified atom stereocenters. The number of ketones is 1. The number of nitrogens with one attached hydrogen (secondary N) is 2. The minimum Gasteiger partial charge on any atom is -0.494 e. The van der Waals surface area contributed by atoms with Gasteiger partial charge in [-0.1, -0.05) is 38.4 Å². The molecule has 0 saturated carbocycles. The molecular formula is C34H38ClF2N7O4. The first-order valence-corrected chi connectivity index (χ1v) is 15.9. The van der Waals surface area contributed by atoms with E-state index in [4.69, 9.17) is 21.1 Å².